The van der Waals surface area contributed by atoms with Gasteiger partial charge >= 0.3 is 6.18 Å². The van der Waals surface area contributed by atoms with Crippen LogP contribution >= 0.6 is 23.4 Å². The number of halogens is 4. The van der Waals surface area contributed by atoms with Crippen LogP contribution < -0.4 is 0 Å². The second kappa shape index (κ2) is 10.6. The van der Waals surface area contributed by atoms with Gasteiger partial charge in [0.25, 0.3) is 5.91 Å². The van der Waals surface area contributed by atoms with Gasteiger partial charge in [0.2, 0.25) is 0 Å². The zero-order chi connectivity index (χ0) is 27.9. The SMILES string of the molecule is CN(C)CC1(O)CCN(C2=NC(=O)C(=Cc3ccc4c(cnn4Cc4ccc(Cl)cc4C(F)(F)F)c3)S2)CC1. The van der Waals surface area contributed by atoms with Gasteiger partial charge in [-0.3, -0.25) is 9.48 Å². The van der Waals surface area contributed by atoms with Crippen molar-refractivity contribution in [2.45, 2.75) is 31.2 Å². The van der Waals surface area contributed by atoms with Gasteiger partial charge in [-0.2, -0.15) is 23.3 Å². The molecular weight excluding hydrogens is 551 g/mol. The Morgan fingerprint density at radius 1 is 1.18 bits per heavy atom. The maximum atomic E-state index is 13.5. The summed E-state index contributed by atoms with van der Waals surface area (Å²) in [5, 5.41) is 16.5. The molecule has 3 heterocycles. The fourth-order valence-electron chi connectivity index (χ4n) is 4.98. The molecule has 7 nitrogen and oxygen atoms in total. The molecule has 1 amide bonds. The Hall–Kier alpha value is -2.86. The van der Waals surface area contributed by atoms with Crippen molar-refractivity contribution in [3.63, 3.8) is 0 Å². The summed E-state index contributed by atoms with van der Waals surface area (Å²) in [6, 6.07) is 9.14. The number of amidine groups is 1. The van der Waals surface area contributed by atoms with E-state index < -0.39 is 17.3 Å². The Kier molecular flexibility index (Phi) is 7.53. The topological polar surface area (TPSA) is 74.0 Å². The summed E-state index contributed by atoms with van der Waals surface area (Å²) in [6.45, 7) is 1.75. The van der Waals surface area contributed by atoms with E-state index in [9.17, 15) is 23.1 Å². The number of hydrogen-bond acceptors (Lipinski definition) is 6. The second-order valence-electron chi connectivity index (χ2n) is 10.2. The second-order valence-corrected chi connectivity index (χ2v) is 11.6. The third-order valence-corrected chi connectivity index (χ3v) is 8.13. The molecule has 1 fully saturated rings. The minimum Gasteiger partial charge on any atom is -0.388 e. The maximum absolute atomic E-state index is 13.5. The number of alkyl halides is 3. The summed E-state index contributed by atoms with van der Waals surface area (Å²) in [5.74, 6) is -0.317. The normalized spacial score (nSPS) is 19.0. The summed E-state index contributed by atoms with van der Waals surface area (Å²) < 4.78 is 42.1. The molecule has 0 bridgehead atoms. The van der Waals surface area contributed by atoms with Crippen molar-refractivity contribution in [3.05, 3.63) is 69.2 Å². The minimum absolute atomic E-state index is 0.0201. The Morgan fingerprint density at radius 3 is 2.62 bits per heavy atom. The Balaban J connectivity index is 1.29. The van der Waals surface area contributed by atoms with Crippen LogP contribution in [0.1, 0.15) is 29.5 Å². The molecule has 39 heavy (non-hydrogen) atoms. The molecule has 1 N–H and O–H groups in total. The number of carbonyl (C=O) groups is 1. The number of aliphatic hydroxyl groups is 1. The van der Waals surface area contributed by atoms with Crippen LogP contribution in [-0.4, -0.2) is 75.1 Å². The highest BCUT2D eigenvalue weighted by Gasteiger charge is 2.36. The number of fused-ring (bicyclic) bond motifs is 1. The zero-order valence-electron chi connectivity index (χ0n) is 21.4. The number of thioether (sulfide) groups is 1. The van der Waals surface area contributed by atoms with Crippen molar-refractivity contribution < 1.29 is 23.1 Å². The summed E-state index contributed by atoms with van der Waals surface area (Å²) >= 11 is 7.11. The van der Waals surface area contributed by atoms with Gasteiger partial charge in [0.05, 0.1) is 34.3 Å². The number of likely N-dealkylation sites (tertiary alicyclic amines) is 1. The number of aliphatic imine (C=N–C) groups is 1. The first-order valence-corrected chi connectivity index (χ1v) is 13.6. The van der Waals surface area contributed by atoms with Crippen LogP contribution in [0, 0.1) is 0 Å². The number of hydrogen-bond donors (Lipinski definition) is 1. The lowest BCUT2D eigenvalue weighted by Gasteiger charge is -2.40. The van der Waals surface area contributed by atoms with E-state index in [0.29, 0.717) is 48.1 Å². The number of aromatic nitrogens is 2. The predicted molar refractivity (Wildman–Crippen MR) is 148 cm³/mol. The van der Waals surface area contributed by atoms with Gasteiger partial charge in [-0.15, -0.1) is 0 Å². The molecule has 5 rings (SSSR count). The number of carbonyl (C=O) groups excluding carboxylic acids is 1. The van der Waals surface area contributed by atoms with Crippen molar-refractivity contribution in [3.8, 4) is 0 Å². The lowest BCUT2D eigenvalue weighted by Crippen LogP contribution is -2.50. The number of benzene rings is 2. The summed E-state index contributed by atoms with van der Waals surface area (Å²) in [7, 11) is 3.87. The highest BCUT2D eigenvalue weighted by Crippen LogP contribution is 2.35. The lowest BCUT2D eigenvalue weighted by molar-refractivity contribution is -0.138. The van der Waals surface area contributed by atoms with Crippen LogP contribution in [0.2, 0.25) is 5.02 Å². The van der Waals surface area contributed by atoms with Crippen LogP contribution in [0.15, 0.2) is 52.5 Å². The largest absolute Gasteiger partial charge is 0.416 e. The smallest absolute Gasteiger partial charge is 0.388 e. The Labute approximate surface area is 232 Å². The monoisotopic (exact) mass is 577 g/mol. The molecule has 2 aliphatic heterocycles. The average molecular weight is 578 g/mol. The van der Waals surface area contributed by atoms with Gasteiger partial charge in [0.1, 0.15) is 0 Å². The van der Waals surface area contributed by atoms with Gasteiger partial charge in [0, 0.05) is 30.0 Å². The van der Waals surface area contributed by atoms with Crippen LogP contribution in [-0.2, 0) is 17.5 Å². The highest BCUT2D eigenvalue weighted by molar-refractivity contribution is 8.18. The molecule has 3 aromatic rings. The number of piperidine rings is 1. The minimum atomic E-state index is -4.53. The number of rotatable bonds is 5. The first kappa shape index (κ1) is 27.7. The molecule has 0 unspecified atom stereocenters. The van der Waals surface area contributed by atoms with Gasteiger partial charge in [-0.05, 0) is 80.2 Å². The van der Waals surface area contributed by atoms with Gasteiger partial charge < -0.3 is 14.9 Å². The predicted octanol–water partition coefficient (Wildman–Crippen LogP) is 5.12. The van der Waals surface area contributed by atoms with E-state index in [2.05, 4.69) is 10.1 Å². The van der Waals surface area contributed by atoms with Crippen LogP contribution in [0.4, 0.5) is 13.2 Å². The fourth-order valence-corrected chi connectivity index (χ4v) is 6.12. The summed E-state index contributed by atoms with van der Waals surface area (Å²) in [4.78, 5) is 21.4. The average Bonchev–Trinajstić information content (AvgIpc) is 3.42. The van der Waals surface area contributed by atoms with Gasteiger partial charge in [-0.25, -0.2) is 0 Å². The molecule has 0 aliphatic carbocycles. The highest BCUT2D eigenvalue weighted by atomic mass is 35.5. The molecule has 0 atom stereocenters. The van der Waals surface area contributed by atoms with Crippen molar-refractivity contribution in [2.75, 3.05) is 33.7 Å². The first-order valence-electron chi connectivity index (χ1n) is 12.4. The van der Waals surface area contributed by atoms with Crippen molar-refractivity contribution >= 4 is 51.4 Å². The van der Waals surface area contributed by atoms with Gasteiger partial charge in [-0.1, -0.05) is 23.7 Å². The lowest BCUT2D eigenvalue weighted by atomic mass is 9.91. The molecule has 0 radical (unpaired) electrons. The molecular formula is C27H27ClF3N5O2S. The van der Waals surface area contributed by atoms with Crippen molar-refractivity contribution in [1.29, 1.82) is 0 Å². The Bertz CT molecular complexity index is 1480. The zero-order valence-corrected chi connectivity index (χ0v) is 22.9. The summed E-state index contributed by atoms with van der Waals surface area (Å²) in [6.07, 6.45) is 0.0110. The van der Waals surface area contributed by atoms with E-state index >= 15 is 0 Å². The van der Waals surface area contributed by atoms with Crippen LogP contribution in [0.5, 0.6) is 0 Å². The quantitative estimate of drug-likeness (QED) is 0.425. The molecule has 2 aromatic carbocycles. The maximum Gasteiger partial charge on any atom is 0.416 e. The third-order valence-electron chi connectivity index (χ3n) is 6.85. The van der Waals surface area contributed by atoms with Gasteiger partial charge in [0.15, 0.2) is 5.17 Å². The van der Waals surface area contributed by atoms with Crippen LogP contribution in [0.25, 0.3) is 17.0 Å². The molecule has 206 valence electrons. The molecule has 2 aliphatic rings. The number of likely N-dealkylation sites (N-methyl/N-ethyl adjacent to an activating group) is 1. The third kappa shape index (κ3) is 6.16. The van der Waals surface area contributed by atoms with E-state index in [1.807, 2.05) is 30.0 Å². The molecule has 1 aromatic heterocycles. The van der Waals surface area contributed by atoms with E-state index in [4.69, 9.17) is 11.6 Å². The standard InChI is InChI=1S/C27H27ClF3N5O2S/c1-34(2)16-26(38)7-9-35(10-8-26)25-33-24(37)23(39-25)12-17-3-6-22-19(11-17)14-32-36(22)15-18-4-5-20(28)13-21(18)27(29,30)31/h3-6,11-14,38H,7-10,15-16H2,1-2H3. The summed E-state index contributed by atoms with van der Waals surface area (Å²) in [5.41, 5.74) is -0.0343. The first-order chi connectivity index (χ1) is 18.4. The van der Waals surface area contributed by atoms with Crippen molar-refractivity contribution in [2.24, 2.45) is 4.99 Å². The van der Waals surface area contributed by atoms with Crippen molar-refractivity contribution in [1.82, 2.24) is 19.6 Å². The van der Waals surface area contributed by atoms with E-state index in [1.54, 1.807) is 24.4 Å². The fraction of sp³-hybridized carbons (Fsp3) is 0.370. The van der Waals surface area contributed by atoms with Crippen LogP contribution in [0.3, 0.4) is 0 Å². The van der Waals surface area contributed by atoms with E-state index in [1.165, 1.54) is 28.6 Å². The molecule has 1 saturated heterocycles. The number of amides is 1. The molecule has 0 saturated carbocycles. The molecule has 0 spiro atoms. The van der Waals surface area contributed by atoms with E-state index in [0.717, 1.165) is 17.0 Å². The molecule has 12 heteroatoms. The number of nitrogens with zero attached hydrogens (tertiary/aromatic N) is 5. The van der Waals surface area contributed by atoms with E-state index in [-0.39, 0.29) is 23.0 Å². The Morgan fingerprint density at radius 2 is 1.92 bits per heavy atom.